The highest BCUT2D eigenvalue weighted by Crippen LogP contribution is 2.21. The molecule has 4 heterocycles. The molecule has 0 aliphatic carbocycles. The molecule has 0 unspecified atom stereocenters. The molecule has 2 saturated heterocycles. The van der Waals surface area contributed by atoms with E-state index in [2.05, 4.69) is 73.4 Å². The van der Waals surface area contributed by atoms with Crippen molar-refractivity contribution >= 4 is 100 Å². The van der Waals surface area contributed by atoms with Gasteiger partial charge < -0.3 is 85.7 Å². The van der Waals surface area contributed by atoms with Crippen LogP contribution in [0.2, 0.25) is 5.02 Å². The number of halogens is 1. The lowest BCUT2D eigenvalue weighted by atomic mass is 10.00. The summed E-state index contributed by atoms with van der Waals surface area (Å²) >= 11 is 6.15. The number of benzene rings is 1. The van der Waals surface area contributed by atoms with Crippen molar-refractivity contribution in [1.29, 1.82) is 0 Å². The molecule has 0 bridgehead atoms. The average molecular weight is 1370 g/mol. The zero-order valence-corrected chi connectivity index (χ0v) is 54.5. The van der Waals surface area contributed by atoms with Crippen LogP contribution in [-0.4, -0.2) is 202 Å². The Kier molecular flexibility index (Phi) is 30.9. The Morgan fingerprint density at radius 2 is 1.31 bits per heavy atom. The molecule has 2 fully saturated rings. The van der Waals surface area contributed by atoms with Crippen LogP contribution in [0.1, 0.15) is 88.8 Å². The number of nitrogens with zero attached hydrogens (tertiary/aromatic N) is 4. The van der Waals surface area contributed by atoms with E-state index in [9.17, 15) is 72.2 Å². The molecule has 5 rings (SSSR count). The lowest BCUT2D eigenvalue weighted by Crippen LogP contribution is -2.61. The monoisotopic (exact) mass is 1370 g/mol. The van der Waals surface area contributed by atoms with Crippen molar-refractivity contribution < 1.29 is 72.2 Å². The van der Waals surface area contributed by atoms with Crippen LogP contribution in [0, 0.1) is 5.92 Å². The second-order valence-electron chi connectivity index (χ2n) is 23.4. The number of carboxylic acid groups (broad SMARTS) is 1. The van der Waals surface area contributed by atoms with Gasteiger partial charge in [0.25, 0.3) is 0 Å². The number of carbonyl (C=O) groups excluding carboxylic acids is 13. The number of hydrogen-bond acceptors (Lipinski definition) is 19. The van der Waals surface area contributed by atoms with Gasteiger partial charge in [-0.3, -0.25) is 82.7 Å². The summed E-state index contributed by atoms with van der Waals surface area (Å²) in [7, 11) is 0. The van der Waals surface area contributed by atoms with Gasteiger partial charge in [0, 0.05) is 82.2 Å². The zero-order chi connectivity index (χ0) is 71.3. The van der Waals surface area contributed by atoms with Gasteiger partial charge in [-0.05, 0) is 85.4 Å². The van der Waals surface area contributed by atoms with Crippen molar-refractivity contribution in [2.45, 2.75) is 152 Å². The Balaban J connectivity index is 1.52. The third kappa shape index (κ3) is 26.0. The number of carbonyl (C=O) groups is 14. The summed E-state index contributed by atoms with van der Waals surface area (Å²) in [4.78, 5) is 208. The first-order chi connectivity index (χ1) is 46.1. The number of nitrogens with one attached hydrogen (secondary N) is 12. The van der Waals surface area contributed by atoms with Crippen LogP contribution in [0.25, 0.3) is 0 Å². The number of carboxylic acids is 1. The molecule has 10 atom stereocenters. The fraction of sp³-hybridized carbons (Fsp3) is 0.492. The summed E-state index contributed by atoms with van der Waals surface area (Å²) < 4.78 is 0. The van der Waals surface area contributed by atoms with E-state index < -0.39 is 182 Å². The molecule has 0 radical (unpaired) electrons. The molecule has 13 amide bonds. The second-order valence-corrected chi connectivity index (χ2v) is 23.9. The summed E-state index contributed by atoms with van der Waals surface area (Å²) in [5.74, 6) is -8.82. The van der Waals surface area contributed by atoms with Gasteiger partial charge in [-0.25, -0.2) is 10.6 Å². The van der Waals surface area contributed by atoms with Gasteiger partial charge >= 0.3 is 5.97 Å². The highest BCUT2D eigenvalue weighted by molar-refractivity contribution is 6.30. The summed E-state index contributed by atoms with van der Waals surface area (Å²) in [5, 5.41) is 37.6. The molecule has 0 spiro atoms. The largest absolute Gasteiger partial charge is 0.480 e. The van der Waals surface area contributed by atoms with Gasteiger partial charge in [0.1, 0.15) is 60.4 Å². The maximum Gasteiger partial charge on any atom is 0.327 e. The van der Waals surface area contributed by atoms with Crippen LogP contribution in [0.4, 0.5) is 0 Å². The van der Waals surface area contributed by atoms with E-state index in [1.807, 2.05) is 5.43 Å². The van der Waals surface area contributed by atoms with E-state index >= 15 is 0 Å². The zero-order valence-electron chi connectivity index (χ0n) is 53.7. The van der Waals surface area contributed by atoms with Crippen molar-refractivity contribution in [2.75, 3.05) is 32.7 Å². The molecular formula is C61H85ClN20O15. The van der Waals surface area contributed by atoms with Crippen LogP contribution in [0.3, 0.4) is 0 Å². The van der Waals surface area contributed by atoms with E-state index in [-0.39, 0.29) is 69.9 Å². The SMILES string of the molecule is CC(=O)N[C@H]1CC(=O)NCC(=O)NCC[C@@H](C(=O)N[C@H](Cc2cccnc2)C(=O)N[C@@H](CC(C)C)C(=O)N[C@@H](CCCN=C(N)N)C(=O)N2CCC[C@H]2C(=O)N[C@@H](CN)C(=O)O)NC(=O)[C@H](CC(=O)NN)NC(=O)[C@@H](Cc2cccnc2)NC(=O)[C@@H](Cc2ccc(Cl)cc2)NC1=O. The van der Waals surface area contributed by atoms with Crippen molar-refractivity contribution in [3.05, 3.63) is 95.0 Å². The number of rotatable bonds is 26. The molecule has 97 heavy (non-hydrogen) atoms. The lowest BCUT2D eigenvalue weighted by Gasteiger charge is -2.31. The Labute approximate surface area is 562 Å². The fourth-order valence-corrected chi connectivity index (χ4v) is 10.5. The minimum absolute atomic E-state index is 0.0138. The van der Waals surface area contributed by atoms with Gasteiger partial charge in [0.05, 0.1) is 19.4 Å². The number of aliphatic carboxylic acids is 1. The summed E-state index contributed by atoms with van der Waals surface area (Å²) in [6.45, 7) is 2.99. The van der Waals surface area contributed by atoms with Gasteiger partial charge in [-0.15, -0.1) is 0 Å². The standard InChI is InChI=1S/C61H85ClN20O15/c1-32(2)22-40(52(88)74-39(10-6-19-70-61(64)65)59(95)82-21-7-11-47(82)58(94)80-46(28-63)60(96)97)75-54(90)42(24-35-8-4-17-67-29-35)76-51(87)38-16-20-69-50(86)31-71-48(84)26-44(72-33(3)83)56(92)77-41(23-34-12-14-37(62)15-13-34)53(89)78-43(25-36-9-5-18-68-30-36)55(91)79-45(57(93)73-38)27-49(85)81-66/h4-5,8-9,12-15,17-18,29-30,32,38-47H,6-7,10-11,16,19-28,31,63,66H2,1-3H3,(H,69,86)(H,71,84)(H,72,83)(H,73,93)(H,74,88)(H,75,90)(H,76,87)(H,77,92)(H,78,89)(H,79,91)(H,80,94)(H,81,85)(H,96,97)(H4,64,65,70)/t38-,39-,40-,41+,42+,43+,44-,45-,46-,47-/m0/s1. The first-order valence-corrected chi connectivity index (χ1v) is 31.6. The number of aromatic nitrogens is 2. The van der Waals surface area contributed by atoms with Crippen molar-refractivity contribution in [3.8, 4) is 0 Å². The topological polar surface area (TPSA) is 549 Å². The smallest absolute Gasteiger partial charge is 0.327 e. The minimum atomic E-state index is -1.91. The quantitative estimate of drug-likeness (QED) is 0.00889. The third-order valence-corrected chi connectivity index (χ3v) is 15.5. The Morgan fingerprint density at radius 1 is 0.711 bits per heavy atom. The minimum Gasteiger partial charge on any atom is -0.480 e. The first kappa shape index (κ1) is 77.3. The predicted octanol–water partition coefficient (Wildman–Crippen LogP) is -5.92. The molecule has 0 saturated carbocycles. The number of pyridine rings is 2. The summed E-state index contributed by atoms with van der Waals surface area (Å²) in [5.41, 5.74) is 19.7. The molecule has 36 heteroatoms. The predicted molar refractivity (Wildman–Crippen MR) is 347 cm³/mol. The molecule has 1 aromatic carbocycles. The molecule has 526 valence electrons. The van der Waals surface area contributed by atoms with E-state index in [0.717, 1.165) is 6.92 Å². The van der Waals surface area contributed by atoms with Gasteiger partial charge in [-0.2, -0.15) is 0 Å². The van der Waals surface area contributed by atoms with E-state index in [0.29, 0.717) is 28.1 Å². The maximum atomic E-state index is 14.9. The van der Waals surface area contributed by atoms with Crippen LogP contribution in [0.15, 0.2) is 78.3 Å². The number of hydrogen-bond donors (Lipinski definition) is 17. The maximum absolute atomic E-state index is 14.9. The first-order valence-electron chi connectivity index (χ1n) is 31.2. The fourth-order valence-electron chi connectivity index (χ4n) is 10.4. The number of hydrazine groups is 1. The summed E-state index contributed by atoms with van der Waals surface area (Å²) in [6, 6.07) is -3.18. The van der Waals surface area contributed by atoms with Crippen LogP contribution in [-0.2, 0) is 86.4 Å². The van der Waals surface area contributed by atoms with E-state index in [1.54, 1.807) is 44.2 Å². The molecule has 21 N–H and O–H groups in total. The Bertz CT molecular complexity index is 3310. The number of amides is 13. The van der Waals surface area contributed by atoms with Crippen LogP contribution >= 0.6 is 11.6 Å². The molecular weight excluding hydrogens is 1290 g/mol. The second kappa shape index (κ2) is 38.8. The molecule has 2 aliphatic rings. The number of guanidine groups is 1. The van der Waals surface area contributed by atoms with E-state index in [4.69, 9.17) is 34.6 Å². The lowest BCUT2D eigenvalue weighted by molar-refractivity contribution is -0.145. The van der Waals surface area contributed by atoms with Crippen LogP contribution in [0.5, 0.6) is 0 Å². The van der Waals surface area contributed by atoms with Crippen molar-refractivity contribution in [3.63, 3.8) is 0 Å². The number of nitrogens with two attached hydrogens (primary N) is 4. The highest BCUT2D eigenvalue weighted by atomic mass is 35.5. The van der Waals surface area contributed by atoms with Gasteiger partial charge in [-0.1, -0.05) is 49.7 Å². The molecule has 2 aromatic heterocycles. The average Bonchev–Trinajstić information content (AvgIpc) is 1.74. The van der Waals surface area contributed by atoms with Gasteiger partial charge in [0.15, 0.2) is 5.96 Å². The van der Waals surface area contributed by atoms with Crippen molar-refractivity contribution in [1.82, 2.24) is 78.8 Å². The Hall–Kier alpha value is -10.4. The van der Waals surface area contributed by atoms with Gasteiger partial charge in [0.2, 0.25) is 76.8 Å². The normalized spacial score (nSPS) is 20.3. The molecule has 35 nitrogen and oxygen atoms in total. The third-order valence-electron chi connectivity index (χ3n) is 15.3. The highest BCUT2D eigenvalue weighted by Gasteiger charge is 2.41. The number of likely N-dealkylation sites (tertiary alicyclic amines) is 1. The van der Waals surface area contributed by atoms with E-state index in [1.165, 1.54) is 47.9 Å². The molecule has 2 aliphatic heterocycles. The number of aliphatic imine (C=N–C) groups is 1. The Morgan fingerprint density at radius 3 is 1.91 bits per heavy atom. The molecule has 3 aromatic rings. The summed E-state index contributed by atoms with van der Waals surface area (Å²) in [6.07, 6.45) is 3.06. The van der Waals surface area contributed by atoms with Crippen LogP contribution < -0.4 is 87.0 Å². The van der Waals surface area contributed by atoms with Crippen molar-refractivity contribution in [2.24, 2.45) is 34.0 Å².